The standard InChI is InChI=1S/C14H12BrN5O2/c1-7-16-12-6-11(18-14(21)8-2-3-8)17-13(20(12)19-7)9-4-5-10(15)22-9/h4-6,8H,2-3H2,1H3,(H,18,21). The molecule has 0 spiro atoms. The minimum Gasteiger partial charge on any atom is -0.446 e. The lowest BCUT2D eigenvalue weighted by Gasteiger charge is -2.06. The SMILES string of the molecule is Cc1nc2cc(NC(=O)C3CC3)nc(-c3ccc(Br)o3)n2n1. The van der Waals surface area contributed by atoms with Crippen LogP contribution in [0.4, 0.5) is 5.82 Å². The molecular weight excluding hydrogens is 350 g/mol. The first-order chi connectivity index (χ1) is 10.6. The van der Waals surface area contributed by atoms with Gasteiger partial charge in [0.05, 0.1) is 0 Å². The van der Waals surface area contributed by atoms with E-state index in [0.29, 0.717) is 33.5 Å². The summed E-state index contributed by atoms with van der Waals surface area (Å²) < 4.78 is 7.76. The molecule has 8 heteroatoms. The summed E-state index contributed by atoms with van der Waals surface area (Å²) in [6.45, 7) is 1.80. The Labute approximate surface area is 133 Å². The van der Waals surface area contributed by atoms with Crippen LogP contribution in [0.15, 0.2) is 27.3 Å². The van der Waals surface area contributed by atoms with Crippen LogP contribution in [0.3, 0.4) is 0 Å². The molecule has 1 saturated carbocycles. The number of halogens is 1. The van der Waals surface area contributed by atoms with Gasteiger partial charge in [-0.2, -0.15) is 4.52 Å². The smallest absolute Gasteiger partial charge is 0.228 e. The second-order valence-corrected chi connectivity index (χ2v) is 6.04. The molecule has 0 radical (unpaired) electrons. The van der Waals surface area contributed by atoms with Crippen molar-refractivity contribution in [3.05, 3.63) is 28.7 Å². The van der Waals surface area contributed by atoms with Crippen LogP contribution in [0, 0.1) is 12.8 Å². The second kappa shape index (κ2) is 4.91. The number of amides is 1. The predicted molar refractivity (Wildman–Crippen MR) is 82.3 cm³/mol. The minimum absolute atomic E-state index is 0.000312. The monoisotopic (exact) mass is 361 g/mol. The Morgan fingerprint density at radius 3 is 2.91 bits per heavy atom. The number of fused-ring (bicyclic) bond motifs is 1. The molecule has 1 fully saturated rings. The van der Waals surface area contributed by atoms with Crippen molar-refractivity contribution in [3.63, 3.8) is 0 Å². The zero-order valence-corrected chi connectivity index (χ0v) is 13.3. The highest BCUT2D eigenvalue weighted by Crippen LogP contribution is 2.31. The molecule has 22 heavy (non-hydrogen) atoms. The van der Waals surface area contributed by atoms with Gasteiger partial charge in [-0.25, -0.2) is 9.97 Å². The predicted octanol–water partition coefficient (Wildman–Crippen LogP) is 2.80. The molecule has 7 nitrogen and oxygen atoms in total. The highest BCUT2D eigenvalue weighted by atomic mass is 79.9. The Morgan fingerprint density at radius 2 is 2.23 bits per heavy atom. The third-order valence-electron chi connectivity index (χ3n) is 3.42. The summed E-state index contributed by atoms with van der Waals surface area (Å²) in [5, 5.41) is 7.16. The first-order valence-electron chi connectivity index (χ1n) is 6.91. The van der Waals surface area contributed by atoms with Crippen LogP contribution in [-0.4, -0.2) is 25.5 Å². The number of carbonyl (C=O) groups excluding carboxylic acids is 1. The molecule has 0 aliphatic heterocycles. The van der Waals surface area contributed by atoms with Crippen LogP contribution in [0.2, 0.25) is 0 Å². The number of aromatic nitrogens is 4. The maximum absolute atomic E-state index is 11.9. The number of furan rings is 1. The molecule has 3 heterocycles. The third kappa shape index (κ3) is 2.39. The Balaban J connectivity index is 1.83. The second-order valence-electron chi connectivity index (χ2n) is 5.26. The van der Waals surface area contributed by atoms with Gasteiger partial charge in [0, 0.05) is 12.0 Å². The van der Waals surface area contributed by atoms with Gasteiger partial charge in [0.15, 0.2) is 16.1 Å². The number of hydrogen-bond acceptors (Lipinski definition) is 5. The number of nitrogens with zero attached hydrogens (tertiary/aromatic N) is 4. The van der Waals surface area contributed by atoms with Crippen LogP contribution in [-0.2, 0) is 4.79 Å². The van der Waals surface area contributed by atoms with E-state index in [1.165, 1.54) is 0 Å². The van der Waals surface area contributed by atoms with E-state index in [9.17, 15) is 4.79 Å². The molecule has 0 aromatic carbocycles. The van der Waals surface area contributed by atoms with E-state index in [1.54, 1.807) is 29.6 Å². The molecule has 1 aliphatic rings. The number of aryl methyl sites for hydroxylation is 1. The number of anilines is 1. The minimum atomic E-state index is -0.000312. The zero-order chi connectivity index (χ0) is 15.3. The van der Waals surface area contributed by atoms with E-state index in [-0.39, 0.29) is 11.8 Å². The Kier molecular flexibility index (Phi) is 3.00. The van der Waals surface area contributed by atoms with Gasteiger partial charge >= 0.3 is 0 Å². The average molecular weight is 362 g/mol. The molecule has 0 bridgehead atoms. The van der Waals surface area contributed by atoms with Crippen molar-refractivity contribution < 1.29 is 9.21 Å². The summed E-state index contributed by atoms with van der Waals surface area (Å²) in [6, 6.07) is 5.28. The zero-order valence-electron chi connectivity index (χ0n) is 11.7. The molecule has 0 unspecified atom stereocenters. The van der Waals surface area contributed by atoms with Crippen LogP contribution in [0.5, 0.6) is 0 Å². The Hall–Kier alpha value is -2.22. The first kappa shape index (κ1) is 13.4. The molecule has 0 saturated heterocycles. The van der Waals surface area contributed by atoms with Crippen LogP contribution >= 0.6 is 15.9 Å². The van der Waals surface area contributed by atoms with E-state index in [0.717, 1.165) is 12.8 Å². The van der Waals surface area contributed by atoms with Gasteiger partial charge in [-0.05, 0) is 47.8 Å². The number of hydrogen-bond donors (Lipinski definition) is 1. The van der Waals surface area contributed by atoms with Crippen LogP contribution in [0.1, 0.15) is 18.7 Å². The van der Waals surface area contributed by atoms with E-state index in [4.69, 9.17) is 4.42 Å². The van der Waals surface area contributed by atoms with Crippen LogP contribution in [0.25, 0.3) is 17.2 Å². The van der Waals surface area contributed by atoms with E-state index >= 15 is 0 Å². The molecule has 1 aliphatic carbocycles. The third-order valence-corrected chi connectivity index (χ3v) is 3.85. The van der Waals surface area contributed by atoms with Gasteiger partial charge in [0.1, 0.15) is 11.6 Å². The maximum atomic E-state index is 11.9. The summed E-state index contributed by atoms with van der Waals surface area (Å²) in [4.78, 5) is 20.7. The lowest BCUT2D eigenvalue weighted by molar-refractivity contribution is -0.117. The highest BCUT2D eigenvalue weighted by Gasteiger charge is 2.30. The molecule has 4 rings (SSSR count). The van der Waals surface area contributed by atoms with Gasteiger partial charge in [-0.3, -0.25) is 4.79 Å². The molecule has 0 atom stereocenters. The van der Waals surface area contributed by atoms with Crippen molar-refractivity contribution in [2.45, 2.75) is 19.8 Å². The van der Waals surface area contributed by atoms with Gasteiger partial charge in [0.2, 0.25) is 11.7 Å². The van der Waals surface area contributed by atoms with Crippen molar-refractivity contribution in [3.8, 4) is 11.6 Å². The van der Waals surface area contributed by atoms with Gasteiger partial charge in [0.25, 0.3) is 0 Å². The molecular formula is C14H12BrN5O2. The number of rotatable bonds is 3. The van der Waals surface area contributed by atoms with E-state index in [2.05, 4.69) is 36.3 Å². The van der Waals surface area contributed by atoms with Crippen molar-refractivity contribution in [2.24, 2.45) is 5.92 Å². The number of nitrogens with one attached hydrogen (secondary N) is 1. The largest absolute Gasteiger partial charge is 0.446 e. The normalized spacial score (nSPS) is 14.5. The lowest BCUT2D eigenvalue weighted by atomic mass is 10.3. The lowest BCUT2D eigenvalue weighted by Crippen LogP contribution is -2.15. The maximum Gasteiger partial charge on any atom is 0.228 e. The molecule has 3 aromatic rings. The average Bonchev–Trinajstić information content (AvgIpc) is 3.13. The highest BCUT2D eigenvalue weighted by molar-refractivity contribution is 9.10. The van der Waals surface area contributed by atoms with Gasteiger partial charge in [-0.1, -0.05) is 0 Å². The van der Waals surface area contributed by atoms with Gasteiger partial charge < -0.3 is 9.73 Å². The fourth-order valence-corrected chi connectivity index (χ4v) is 2.54. The van der Waals surface area contributed by atoms with Gasteiger partial charge in [-0.15, -0.1) is 5.10 Å². The molecule has 1 amide bonds. The molecule has 3 aromatic heterocycles. The summed E-state index contributed by atoms with van der Waals surface area (Å²) in [7, 11) is 0. The van der Waals surface area contributed by atoms with Crippen molar-refractivity contribution in [2.75, 3.05) is 5.32 Å². The summed E-state index contributed by atoms with van der Waals surface area (Å²) in [6.07, 6.45) is 1.88. The van der Waals surface area contributed by atoms with Crippen molar-refractivity contribution in [1.82, 2.24) is 19.6 Å². The summed E-state index contributed by atoms with van der Waals surface area (Å²) >= 11 is 3.28. The van der Waals surface area contributed by atoms with Crippen LogP contribution < -0.4 is 5.32 Å². The fraction of sp³-hybridized carbons (Fsp3) is 0.286. The van der Waals surface area contributed by atoms with Crippen molar-refractivity contribution in [1.29, 1.82) is 0 Å². The molecule has 112 valence electrons. The quantitative estimate of drug-likeness (QED) is 0.775. The topological polar surface area (TPSA) is 85.3 Å². The first-order valence-corrected chi connectivity index (χ1v) is 7.70. The van der Waals surface area contributed by atoms with E-state index in [1.807, 2.05) is 0 Å². The van der Waals surface area contributed by atoms with Crippen molar-refractivity contribution >= 4 is 33.3 Å². The molecule has 1 N–H and O–H groups in total. The number of carbonyl (C=O) groups is 1. The summed E-state index contributed by atoms with van der Waals surface area (Å²) in [5.74, 6) is 2.23. The Morgan fingerprint density at radius 1 is 1.41 bits per heavy atom. The van der Waals surface area contributed by atoms with E-state index < -0.39 is 0 Å². The summed E-state index contributed by atoms with van der Waals surface area (Å²) in [5.41, 5.74) is 0.612. The Bertz CT molecular complexity index is 881. The fourth-order valence-electron chi connectivity index (χ4n) is 2.23.